The Kier molecular flexibility index (Phi) is 3.89. The molecule has 0 saturated carbocycles. The molecular weight excluding hydrogens is 320 g/mol. The van der Waals surface area contributed by atoms with Crippen LogP contribution in [0.25, 0.3) is 6.08 Å². The molecule has 1 aromatic heterocycles. The number of fused-ring (bicyclic) bond motifs is 1. The van der Waals surface area contributed by atoms with Crippen LogP contribution in [0, 0.1) is 0 Å². The third-order valence-electron chi connectivity index (χ3n) is 3.71. The van der Waals surface area contributed by atoms with E-state index in [1.165, 1.54) is 0 Å². The topological polar surface area (TPSA) is 35.5 Å². The zero-order chi connectivity index (χ0) is 16.4. The second-order valence-electron chi connectivity index (χ2n) is 5.39. The largest absolute Gasteiger partial charge is 0.489 e. The first-order chi connectivity index (χ1) is 11.8. The van der Waals surface area contributed by atoms with Crippen molar-refractivity contribution >= 4 is 23.2 Å². The quantitative estimate of drug-likeness (QED) is 0.634. The summed E-state index contributed by atoms with van der Waals surface area (Å²) in [6.07, 6.45) is 1.78. The lowest BCUT2D eigenvalue weighted by Gasteiger charge is -2.07. The molecule has 118 valence electrons. The SMILES string of the molecule is O=C1/C(=C/c2cccs2)Oc2cc(OCc3ccccc3)ccc21. The minimum atomic E-state index is -0.0898. The fraction of sp³-hybridized carbons (Fsp3) is 0.0500. The molecule has 3 aromatic rings. The van der Waals surface area contributed by atoms with Gasteiger partial charge in [0.05, 0.1) is 5.56 Å². The summed E-state index contributed by atoms with van der Waals surface area (Å²) in [5.41, 5.74) is 1.66. The zero-order valence-electron chi connectivity index (χ0n) is 12.8. The van der Waals surface area contributed by atoms with Gasteiger partial charge < -0.3 is 9.47 Å². The average molecular weight is 334 g/mol. The van der Waals surface area contributed by atoms with Crippen LogP contribution < -0.4 is 9.47 Å². The van der Waals surface area contributed by atoms with Gasteiger partial charge >= 0.3 is 0 Å². The van der Waals surface area contributed by atoms with Gasteiger partial charge in [-0.2, -0.15) is 0 Å². The lowest BCUT2D eigenvalue weighted by atomic mass is 10.1. The van der Waals surface area contributed by atoms with Gasteiger partial charge in [0.15, 0.2) is 5.76 Å². The smallest absolute Gasteiger partial charge is 0.232 e. The van der Waals surface area contributed by atoms with E-state index in [1.54, 1.807) is 35.6 Å². The highest BCUT2D eigenvalue weighted by molar-refractivity contribution is 7.10. The number of ether oxygens (including phenoxy) is 2. The Labute approximate surface area is 143 Å². The second-order valence-corrected chi connectivity index (χ2v) is 6.37. The van der Waals surface area contributed by atoms with Crippen LogP contribution in [0.3, 0.4) is 0 Å². The van der Waals surface area contributed by atoms with Crippen molar-refractivity contribution in [3.05, 3.63) is 87.8 Å². The van der Waals surface area contributed by atoms with Gasteiger partial charge in [-0.05, 0) is 29.1 Å². The van der Waals surface area contributed by atoms with Gasteiger partial charge in [-0.15, -0.1) is 11.3 Å². The van der Waals surface area contributed by atoms with Crippen LogP contribution in [-0.4, -0.2) is 5.78 Å². The highest BCUT2D eigenvalue weighted by atomic mass is 32.1. The Bertz CT molecular complexity index is 896. The molecule has 0 fully saturated rings. The lowest BCUT2D eigenvalue weighted by molar-refractivity contribution is 0.101. The third-order valence-corrected chi connectivity index (χ3v) is 4.53. The highest BCUT2D eigenvalue weighted by Crippen LogP contribution is 2.35. The number of hydrogen-bond donors (Lipinski definition) is 0. The van der Waals surface area contributed by atoms with Gasteiger partial charge in [0.25, 0.3) is 0 Å². The summed E-state index contributed by atoms with van der Waals surface area (Å²) in [7, 11) is 0. The van der Waals surface area contributed by atoms with Gasteiger partial charge in [0.2, 0.25) is 5.78 Å². The van der Waals surface area contributed by atoms with Crippen molar-refractivity contribution in [3.8, 4) is 11.5 Å². The van der Waals surface area contributed by atoms with Crippen molar-refractivity contribution in [3.63, 3.8) is 0 Å². The van der Waals surface area contributed by atoms with Crippen molar-refractivity contribution in [2.45, 2.75) is 6.61 Å². The van der Waals surface area contributed by atoms with Crippen LogP contribution in [0.5, 0.6) is 11.5 Å². The summed E-state index contributed by atoms with van der Waals surface area (Å²) in [5, 5.41) is 1.97. The predicted molar refractivity (Wildman–Crippen MR) is 94.5 cm³/mol. The van der Waals surface area contributed by atoms with E-state index in [4.69, 9.17) is 9.47 Å². The molecule has 1 aliphatic heterocycles. The maximum absolute atomic E-state index is 12.4. The molecule has 0 atom stereocenters. The second kappa shape index (κ2) is 6.34. The predicted octanol–water partition coefficient (Wildman–Crippen LogP) is 4.94. The fourth-order valence-electron chi connectivity index (χ4n) is 2.50. The van der Waals surface area contributed by atoms with Gasteiger partial charge in [-0.3, -0.25) is 4.79 Å². The van der Waals surface area contributed by atoms with Gasteiger partial charge in [0.1, 0.15) is 18.1 Å². The number of hydrogen-bond acceptors (Lipinski definition) is 4. The molecule has 0 radical (unpaired) electrons. The van der Waals surface area contributed by atoms with Crippen molar-refractivity contribution in [2.75, 3.05) is 0 Å². The molecule has 2 heterocycles. The summed E-state index contributed by atoms with van der Waals surface area (Å²) in [4.78, 5) is 13.4. The van der Waals surface area contributed by atoms with Crippen LogP contribution in [-0.2, 0) is 6.61 Å². The molecular formula is C20H14O3S. The molecule has 0 aliphatic carbocycles. The first-order valence-electron chi connectivity index (χ1n) is 7.58. The van der Waals surface area contributed by atoms with Crippen molar-refractivity contribution in [2.24, 2.45) is 0 Å². The number of rotatable bonds is 4. The van der Waals surface area contributed by atoms with Crippen molar-refractivity contribution < 1.29 is 14.3 Å². The Morgan fingerprint density at radius 1 is 1.04 bits per heavy atom. The fourth-order valence-corrected chi connectivity index (χ4v) is 3.15. The Morgan fingerprint density at radius 2 is 1.92 bits per heavy atom. The Hall–Kier alpha value is -2.85. The monoisotopic (exact) mass is 334 g/mol. The van der Waals surface area contributed by atoms with Gasteiger partial charge in [0, 0.05) is 17.0 Å². The van der Waals surface area contributed by atoms with E-state index < -0.39 is 0 Å². The maximum Gasteiger partial charge on any atom is 0.232 e. The Balaban J connectivity index is 1.52. The Morgan fingerprint density at radius 3 is 2.71 bits per heavy atom. The van der Waals surface area contributed by atoms with Crippen LogP contribution in [0.4, 0.5) is 0 Å². The molecule has 0 bridgehead atoms. The normalized spacial score (nSPS) is 14.5. The number of allylic oxidation sites excluding steroid dienone is 1. The maximum atomic E-state index is 12.4. The molecule has 1 aliphatic rings. The first-order valence-corrected chi connectivity index (χ1v) is 8.46. The molecule has 4 rings (SSSR count). The lowest BCUT2D eigenvalue weighted by Crippen LogP contribution is -1.97. The van der Waals surface area contributed by atoms with Crippen LogP contribution >= 0.6 is 11.3 Å². The van der Waals surface area contributed by atoms with Crippen LogP contribution in [0.15, 0.2) is 71.8 Å². The van der Waals surface area contributed by atoms with E-state index in [1.807, 2.05) is 47.8 Å². The number of Topliss-reactive ketones (excluding diaryl/α,β-unsaturated/α-hetero) is 1. The van der Waals surface area contributed by atoms with Crippen molar-refractivity contribution in [1.29, 1.82) is 0 Å². The van der Waals surface area contributed by atoms with E-state index in [0.717, 1.165) is 10.4 Å². The molecule has 4 heteroatoms. The molecule has 2 aromatic carbocycles. The number of ketones is 1. The van der Waals surface area contributed by atoms with E-state index in [-0.39, 0.29) is 5.78 Å². The molecule has 24 heavy (non-hydrogen) atoms. The zero-order valence-corrected chi connectivity index (χ0v) is 13.6. The summed E-state index contributed by atoms with van der Waals surface area (Å²) >= 11 is 1.57. The average Bonchev–Trinajstić information content (AvgIpc) is 3.23. The molecule has 0 unspecified atom stereocenters. The molecule has 0 amide bonds. The third kappa shape index (κ3) is 2.96. The summed E-state index contributed by atoms with van der Waals surface area (Å²) in [6.45, 7) is 0.478. The minimum absolute atomic E-state index is 0.0898. The van der Waals surface area contributed by atoms with Gasteiger partial charge in [-0.1, -0.05) is 36.4 Å². The van der Waals surface area contributed by atoms with Gasteiger partial charge in [-0.25, -0.2) is 0 Å². The molecule has 3 nitrogen and oxygen atoms in total. The van der Waals surface area contributed by atoms with Crippen molar-refractivity contribution in [1.82, 2.24) is 0 Å². The van der Waals surface area contributed by atoms with E-state index >= 15 is 0 Å². The summed E-state index contributed by atoms with van der Waals surface area (Å²) in [5.74, 6) is 1.50. The minimum Gasteiger partial charge on any atom is -0.489 e. The summed E-state index contributed by atoms with van der Waals surface area (Å²) in [6, 6.07) is 19.2. The number of carbonyl (C=O) groups excluding carboxylic acids is 1. The van der Waals surface area contributed by atoms with E-state index in [2.05, 4.69) is 0 Å². The molecule has 0 saturated heterocycles. The number of thiophene rings is 1. The standard InChI is InChI=1S/C20H14O3S/c21-20-17-9-8-15(22-13-14-5-2-1-3-6-14)11-18(17)23-19(20)12-16-7-4-10-24-16/h1-12H,13H2/b19-12-. The van der Waals surface area contributed by atoms with Crippen LogP contribution in [0.1, 0.15) is 20.8 Å². The van der Waals surface area contributed by atoms with E-state index in [9.17, 15) is 4.79 Å². The number of carbonyl (C=O) groups is 1. The first kappa shape index (κ1) is 14.7. The summed E-state index contributed by atoms with van der Waals surface area (Å²) < 4.78 is 11.5. The molecule has 0 N–H and O–H groups in total. The molecule has 0 spiro atoms. The number of benzene rings is 2. The van der Waals surface area contributed by atoms with Crippen LogP contribution in [0.2, 0.25) is 0 Å². The highest BCUT2D eigenvalue weighted by Gasteiger charge is 2.27. The van der Waals surface area contributed by atoms with E-state index in [0.29, 0.717) is 29.4 Å².